The molecule has 1 unspecified atom stereocenters. The minimum atomic E-state index is -0.0739. The van der Waals surface area contributed by atoms with Gasteiger partial charge in [0, 0.05) is 30.8 Å². The van der Waals surface area contributed by atoms with Gasteiger partial charge in [0.05, 0.1) is 5.52 Å². The van der Waals surface area contributed by atoms with Gasteiger partial charge in [-0.15, -0.1) is 0 Å². The van der Waals surface area contributed by atoms with E-state index in [1.54, 1.807) is 0 Å². The van der Waals surface area contributed by atoms with E-state index in [1.165, 1.54) is 5.56 Å². The number of carbonyl (C=O) groups is 1. The van der Waals surface area contributed by atoms with E-state index in [0.717, 1.165) is 16.5 Å². The molecule has 1 aliphatic rings. The molecule has 4 aromatic rings. The summed E-state index contributed by atoms with van der Waals surface area (Å²) < 4.78 is 5.48. The number of amides is 1. The van der Waals surface area contributed by atoms with E-state index < -0.39 is 0 Å². The predicted octanol–water partition coefficient (Wildman–Crippen LogP) is 4.25. The Kier molecular flexibility index (Phi) is 4.58. The Balaban J connectivity index is 1.31. The summed E-state index contributed by atoms with van der Waals surface area (Å²) >= 11 is 0. The summed E-state index contributed by atoms with van der Waals surface area (Å²) in [5.74, 6) is 1.47. The van der Waals surface area contributed by atoms with Gasteiger partial charge in [0.15, 0.2) is 11.5 Å². The second kappa shape index (κ2) is 7.40. The number of aromatic amines is 1. The van der Waals surface area contributed by atoms with Crippen molar-refractivity contribution < 1.29 is 9.32 Å². The molecule has 2 aromatic carbocycles. The number of nitrogens with zero attached hydrogens (tertiary/aromatic N) is 4. The van der Waals surface area contributed by atoms with E-state index in [2.05, 4.69) is 58.5 Å². The highest BCUT2D eigenvalue weighted by Gasteiger charge is 2.34. The maximum absolute atomic E-state index is 12.6. The molecule has 3 heterocycles. The molecule has 1 fully saturated rings. The Labute approximate surface area is 174 Å². The van der Waals surface area contributed by atoms with Gasteiger partial charge >= 0.3 is 0 Å². The van der Waals surface area contributed by atoms with Crippen molar-refractivity contribution >= 4 is 16.8 Å². The van der Waals surface area contributed by atoms with Crippen molar-refractivity contribution in [2.24, 2.45) is 0 Å². The van der Waals surface area contributed by atoms with Gasteiger partial charge in [0.25, 0.3) is 5.89 Å². The molecule has 1 N–H and O–H groups in total. The molecular weight excluding hydrogens is 378 g/mol. The molecule has 0 bridgehead atoms. The number of benzene rings is 2. The SMILES string of the molecule is CC(C)c1ccc(CN2CC(c3noc(-c4n[nH]c5ccccc45)n3)CC2=O)cc1. The van der Waals surface area contributed by atoms with Crippen LogP contribution in [0.1, 0.15) is 49.1 Å². The quantitative estimate of drug-likeness (QED) is 0.540. The molecule has 0 radical (unpaired) electrons. The van der Waals surface area contributed by atoms with Gasteiger partial charge in [-0.3, -0.25) is 9.89 Å². The van der Waals surface area contributed by atoms with Crippen LogP contribution >= 0.6 is 0 Å². The van der Waals surface area contributed by atoms with E-state index in [1.807, 2.05) is 29.2 Å². The summed E-state index contributed by atoms with van der Waals surface area (Å²) in [6, 6.07) is 16.3. The smallest absolute Gasteiger partial charge is 0.279 e. The van der Waals surface area contributed by atoms with Crippen LogP contribution in [0.15, 0.2) is 53.1 Å². The minimum absolute atomic E-state index is 0.0739. The van der Waals surface area contributed by atoms with Crippen molar-refractivity contribution in [1.82, 2.24) is 25.2 Å². The van der Waals surface area contributed by atoms with Crippen molar-refractivity contribution in [1.29, 1.82) is 0 Å². The van der Waals surface area contributed by atoms with Gasteiger partial charge in [0.2, 0.25) is 5.91 Å². The van der Waals surface area contributed by atoms with Crippen LogP contribution < -0.4 is 0 Å². The standard InChI is InChI=1S/C23H23N5O2/c1-14(2)16-9-7-15(8-10-16)12-28-13-17(11-20(28)29)22-24-23(30-27-22)21-18-5-3-4-6-19(18)25-26-21/h3-10,14,17H,11-13H2,1-2H3,(H,25,26). The van der Waals surface area contributed by atoms with Gasteiger partial charge in [-0.25, -0.2) is 0 Å². The van der Waals surface area contributed by atoms with Gasteiger partial charge in [-0.1, -0.05) is 61.5 Å². The second-order valence-electron chi connectivity index (χ2n) is 8.15. The zero-order valence-electron chi connectivity index (χ0n) is 17.0. The summed E-state index contributed by atoms with van der Waals surface area (Å²) in [7, 11) is 0. The van der Waals surface area contributed by atoms with E-state index in [0.29, 0.717) is 42.8 Å². The van der Waals surface area contributed by atoms with E-state index in [4.69, 9.17) is 4.52 Å². The van der Waals surface area contributed by atoms with Crippen LogP contribution in [0.4, 0.5) is 0 Å². The topological polar surface area (TPSA) is 87.9 Å². The summed E-state index contributed by atoms with van der Waals surface area (Å²) in [6.07, 6.45) is 0.393. The molecule has 152 valence electrons. The highest BCUT2D eigenvalue weighted by molar-refractivity contribution is 5.90. The summed E-state index contributed by atoms with van der Waals surface area (Å²) in [5, 5.41) is 12.4. The summed E-state index contributed by atoms with van der Waals surface area (Å²) in [5.41, 5.74) is 3.98. The first-order chi connectivity index (χ1) is 14.6. The van der Waals surface area contributed by atoms with Crippen LogP contribution in [0.3, 0.4) is 0 Å². The Morgan fingerprint density at radius 1 is 1.17 bits per heavy atom. The number of fused-ring (bicyclic) bond motifs is 1. The monoisotopic (exact) mass is 401 g/mol. The number of nitrogens with one attached hydrogen (secondary N) is 1. The average Bonchev–Trinajstić information content (AvgIpc) is 3.47. The number of para-hydroxylation sites is 1. The van der Waals surface area contributed by atoms with Crippen molar-refractivity contribution in [3.05, 3.63) is 65.5 Å². The van der Waals surface area contributed by atoms with E-state index >= 15 is 0 Å². The fraction of sp³-hybridized carbons (Fsp3) is 0.304. The number of aromatic nitrogens is 4. The molecule has 0 aliphatic carbocycles. The number of hydrogen-bond acceptors (Lipinski definition) is 5. The van der Waals surface area contributed by atoms with Crippen LogP contribution in [0.5, 0.6) is 0 Å². The van der Waals surface area contributed by atoms with Crippen LogP contribution in [0, 0.1) is 0 Å². The van der Waals surface area contributed by atoms with Gasteiger partial charge in [-0.05, 0) is 23.1 Å². The maximum Gasteiger partial charge on any atom is 0.279 e. The minimum Gasteiger partial charge on any atom is -0.338 e. The average molecular weight is 401 g/mol. The number of rotatable bonds is 5. The van der Waals surface area contributed by atoms with Crippen molar-refractivity contribution in [3.8, 4) is 11.6 Å². The number of H-pyrrole nitrogens is 1. The Morgan fingerprint density at radius 2 is 1.97 bits per heavy atom. The molecule has 7 nitrogen and oxygen atoms in total. The van der Waals surface area contributed by atoms with E-state index in [-0.39, 0.29) is 11.8 Å². The maximum atomic E-state index is 12.6. The van der Waals surface area contributed by atoms with Crippen molar-refractivity contribution in [3.63, 3.8) is 0 Å². The van der Waals surface area contributed by atoms with Crippen molar-refractivity contribution in [2.75, 3.05) is 6.54 Å². The highest BCUT2D eigenvalue weighted by atomic mass is 16.5. The molecule has 30 heavy (non-hydrogen) atoms. The molecule has 0 spiro atoms. The van der Waals surface area contributed by atoms with Gasteiger partial charge in [0.1, 0.15) is 0 Å². The summed E-state index contributed by atoms with van der Waals surface area (Å²) in [6.45, 7) is 5.54. The van der Waals surface area contributed by atoms with Crippen LogP contribution in [0.25, 0.3) is 22.5 Å². The lowest BCUT2D eigenvalue weighted by atomic mass is 10.0. The Bertz CT molecular complexity index is 1190. The molecule has 1 atom stereocenters. The van der Waals surface area contributed by atoms with E-state index in [9.17, 15) is 4.79 Å². The van der Waals surface area contributed by atoms with Crippen LogP contribution in [-0.2, 0) is 11.3 Å². The fourth-order valence-electron chi connectivity index (χ4n) is 3.95. The first-order valence-corrected chi connectivity index (χ1v) is 10.2. The van der Waals surface area contributed by atoms with Gasteiger partial charge in [-0.2, -0.15) is 10.1 Å². The summed E-state index contributed by atoms with van der Waals surface area (Å²) in [4.78, 5) is 19.0. The third-order valence-corrected chi connectivity index (χ3v) is 5.71. The largest absolute Gasteiger partial charge is 0.338 e. The normalized spacial score (nSPS) is 16.8. The third-order valence-electron chi connectivity index (χ3n) is 5.71. The first-order valence-electron chi connectivity index (χ1n) is 10.2. The lowest BCUT2D eigenvalue weighted by Gasteiger charge is -2.16. The molecule has 2 aromatic heterocycles. The Morgan fingerprint density at radius 3 is 2.77 bits per heavy atom. The number of likely N-dealkylation sites (tertiary alicyclic amines) is 1. The molecule has 7 heteroatoms. The van der Waals surface area contributed by atoms with Gasteiger partial charge < -0.3 is 9.42 Å². The zero-order chi connectivity index (χ0) is 20.7. The highest BCUT2D eigenvalue weighted by Crippen LogP contribution is 2.30. The van der Waals surface area contributed by atoms with Crippen LogP contribution in [0.2, 0.25) is 0 Å². The predicted molar refractivity (Wildman–Crippen MR) is 113 cm³/mol. The molecule has 5 rings (SSSR count). The number of hydrogen-bond donors (Lipinski definition) is 1. The third kappa shape index (κ3) is 3.36. The Hall–Kier alpha value is -3.48. The lowest BCUT2D eigenvalue weighted by molar-refractivity contribution is -0.128. The molecule has 0 saturated carbocycles. The lowest BCUT2D eigenvalue weighted by Crippen LogP contribution is -2.24. The first kappa shape index (κ1) is 18.5. The zero-order valence-corrected chi connectivity index (χ0v) is 17.0. The molecule has 1 aliphatic heterocycles. The number of carbonyl (C=O) groups excluding carboxylic acids is 1. The molecule has 1 saturated heterocycles. The van der Waals surface area contributed by atoms with Crippen molar-refractivity contribution in [2.45, 2.75) is 38.6 Å². The van der Waals surface area contributed by atoms with Crippen LogP contribution in [-0.4, -0.2) is 37.7 Å². The fourth-order valence-corrected chi connectivity index (χ4v) is 3.95. The molecule has 1 amide bonds. The second-order valence-corrected chi connectivity index (χ2v) is 8.15. The molecular formula is C23H23N5O2.